The molecule has 4 rings (SSSR count). The fourth-order valence-electron chi connectivity index (χ4n) is 3.71. The van der Waals surface area contributed by atoms with Gasteiger partial charge >= 0.3 is 0 Å². The molecule has 1 aromatic carbocycles. The Labute approximate surface area is 145 Å². The van der Waals surface area contributed by atoms with Gasteiger partial charge in [-0.1, -0.05) is 24.3 Å². The van der Waals surface area contributed by atoms with Crippen LogP contribution in [-0.2, 0) is 11.2 Å². The summed E-state index contributed by atoms with van der Waals surface area (Å²) < 4.78 is 0. The van der Waals surface area contributed by atoms with Crippen molar-refractivity contribution in [2.24, 2.45) is 5.92 Å². The molecule has 0 aliphatic carbocycles. The zero-order chi connectivity index (χ0) is 16.5. The Balaban J connectivity index is 1.48. The molecular formula is C19H20N2O2S. The number of nitrogens with zero attached hydrogens (tertiary/aromatic N) is 2. The van der Waals surface area contributed by atoms with Gasteiger partial charge in [0.1, 0.15) is 0 Å². The third kappa shape index (κ3) is 2.73. The van der Waals surface area contributed by atoms with Crippen molar-refractivity contribution in [1.82, 2.24) is 4.90 Å². The van der Waals surface area contributed by atoms with Crippen molar-refractivity contribution in [2.45, 2.75) is 19.3 Å². The number of rotatable bonds is 2. The van der Waals surface area contributed by atoms with Crippen molar-refractivity contribution < 1.29 is 9.59 Å². The van der Waals surface area contributed by atoms with Crippen LogP contribution in [0.25, 0.3) is 0 Å². The summed E-state index contributed by atoms with van der Waals surface area (Å²) >= 11 is 1.46. The van der Waals surface area contributed by atoms with E-state index in [4.69, 9.17) is 0 Å². The SMILES string of the molecule is O=C(c1cccs1)N1CCC[C@H](C(=O)N2CCc3ccccc32)C1. The molecule has 2 aliphatic rings. The molecule has 24 heavy (non-hydrogen) atoms. The van der Waals surface area contributed by atoms with Crippen molar-refractivity contribution in [3.63, 3.8) is 0 Å². The van der Waals surface area contributed by atoms with Crippen LogP contribution in [0.15, 0.2) is 41.8 Å². The third-order valence-corrected chi connectivity index (χ3v) is 5.80. The number of likely N-dealkylation sites (tertiary alicyclic amines) is 1. The highest BCUT2D eigenvalue weighted by molar-refractivity contribution is 7.12. The molecule has 3 heterocycles. The molecule has 5 heteroatoms. The first-order valence-electron chi connectivity index (χ1n) is 8.46. The summed E-state index contributed by atoms with van der Waals surface area (Å²) in [6.45, 7) is 2.04. The highest BCUT2D eigenvalue weighted by Gasteiger charge is 2.34. The van der Waals surface area contributed by atoms with Gasteiger partial charge < -0.3 is 9.80 Å². The standard InChI is InChI=1S/C19H20N2O2S/c22-18(21-11-9-14-5-1-2-7-16(14)21)15-6-3-10-20(13-15)19(23)17-8-4-12-24-17/h1-2,4-5,7-8,12,15H,3,6,9-11,13H2/t15-/m0/s1. The monoisotopic (exact) mass is 340 g/mol. The molecule has 0 bridgehead atoms. The van der Waals surface area contributed by atoms with E-state index in [0.717, 1.165) is 42.9 Å². The Morgan fingerprint density at radius 1 is 1.08 bits per heavy atom. The van der Waals surface area contributed by atoms with Crippen LogP contribution in [0.4, 0.5) is 5.69 Å². The Morgan fingerprint density at radius 3 is 2.79 bits per heavy atom. The minimum Gasteiger partial charge on any atom is -0.337 e. The molecule has 2 amide bonds. The van der Waals surface area contributed by atoms with E-state index in [-0.39, 0.29) is 17.7 Å². The molecule has 0 N–H and O–H groups in total. The molecule has 0 radical (unpaired) electrons. The lowest BCUT2D eigenvalue weighted by Crippen LogP contribution is -2.46. The molecule has 124 valence electrons. The summed E-state index contributed by atoms with van der Waals surface area (Å²) in [5, 5.41) is 1.92. The number of amides is 2. The lowest BCUT2D eigenvalue weighted by molar-refractivity contribution is -0.123. The van der Waals surface area contributed by atoms with E-state index in [2.05, 4.69) is 6.07 Å². The number of para-hydroxylation sites is 1. The molecule has 2 aromatic rings. The number of fused-ring (bicyclic) bond motifs is 1. The largest absolute Gasteiger partial charge is 0.337 e. The summed E-state index contributed by atoms with van der Waals surface area (Å²) in [4.78, 5) is 30.1. The van der Waals surface area contributed by atoms with Crippen LogP contribution in [-0.4, -0.2) is 36.3 Å². The number of hydrogen-bond acceptors (Lipinski definition) is 3. The number of anilines is 1. The van der Waals surface area contributed by atoms with Gasteiger partial charge in [0, 0.05) is 25.3 Å². The summed E-state index contributed by atoms with van der Waals surface area (Å²) in [5.74, 6) is 0.141. The predicted octanol–water partition coefficient (Wildman–Crippen LogP) is 3.19. The maximum absolute atomic E-state index is 13.0. The van der Waals surface area contributed by atoms with E-state index in [1.807, 2.05) is 45.5 Å². The number of carbonyl (C=O) groups is 2. The van der Waals surface area contributed by atoms with E-state index in [1.54, 1.807) is 0 Å². The highest BCUT2D eigenvalue weighted by Crippen LogP contribution is 2.31. The Morgan fingerprint density at radius 2 is 1.96 bits per heavy atom. The summed E-state index contributed by atoms with van der Waals surface area (Å²) in [7, 11) is 0. The van der Waals surface area contributed by atoms with Gasteiger partial charge in [-0.25, -0.2) is 0 Å². The minimum atomic E-state index is -0.0891. The maximum Gasteiger partial charge on any atom is 0.263 e. The molecule has 0 unspecified atom stereocenters. The van der Waals surface area contributed by atoms with Crippen LogP contribution in [0.5, 0.6) is 0 Å². The van der Waals surface area contributed by atoms with Gasteiger partial charge in [-0.3, -0.25) is 9.59 Å². The lowest BCUT2D eigenvalue weighted by Gasteiger charge is -2.34. The first kappa shape index (κ1) is 15.4. The molecular weight excluding hydrogens is 320 g/mol. The van der Waals surface area contributed by atoms with E-state index in [0.29, 0.717) is 6.54 Å². The second-order valence-electron chi connectivity index (χ2n) is 6.44. The first-order valence-corrected chi connectivity index (χ1v) is 9.34. The van der Waals surface area contributed by atoms with Crippen LogP contribution >= 0.6 is 11.3 Å². The topological polar surface area (TPSA) is 40.6 Å². The van der Waals surface area contributed by atoms with Crippen LogP contribution in [0.1, 0.15) is 28.1 Å². The van der Waals surface area contributed by atoms with Gasteiger partial charge in [-0.15, -0.1) is 11.3 Å². The molecule has 1 saturated heterocycles. The number of carbonyl (C=O) groups excluding carboxylic acids is 2. The van der Waals surface area contributed by atoms with E-state index in [9.17, 15) is 9.59 Å². The van der Waals surface area contributed by atoms with Crippen LogP contribution in [0, 0.1) is 5.92 Å². The van der Waals surface area contributed by atoms with Crippen LogP contribution < -0.4 is 4.90 Å². The first-order chi connectivity index (χ1) is 11.7. The zero-order valence-electron chi connectivity index (χ0n) is 13.5. The molecule has 0 saturated carbocycles. The van der Waals surface area contributed by atoms with Gasteiger partial charge in [-0.2, -0.15) is 0 Å². The van der Waals surface area contributed by atoms with Crippen molar-refractivity contribution in [1.29, 1.82) is 0 Å². The molecule has 4 nitrogen and oxygen atoms in total. The Bertz CT molecular complexity index is 756. The van der Waals surface area contributed by atoms with Gasteiger partial charge in [0.05, 0.1) is 10.8 Å². The van der Waals surface area contributed by atoms with Gasteiger partial charge in [0.25, 0.3) is 5.91 Å². The lowest BCUT2D eigenvalue weighted by atomic mass is 9.96. The molecule has 2 aliphatic heterocycles. The van der Waals surface area contributed by atoms with Gasteiger partial charge in [0.15, 0.2) is 0 Å². The quantitative estimate of drug-likeness (QED) is 0.842. The molecule has 1 fully saturated rings. The summed E-state index contributed by atoms with van der Waals surface area (Å²) in [6, 6.07) is 11.9. The van der Waals surface area contributed by atoms with Gasteiger partial charge in [-0.05, 0) is 42.3 Å². The summed E-state index contributed by atoms with van der Waals surface area (Å²) in [6.07, 6.45) is 2.68. The predicted molar refractivity (Wildman–Crippen MR) is 95.4 cm³/mol. The van der Waals surface area contributed by atoms with Gasteiger partial charge in [0.2, 0.25) is 5.91 Å². The summed E-state index contributed by atoms with van der Waals surface area (Å²) in [5.41, 5.74) is 2.29. The normalized spacial score (nSPS) is 20.1. The fraction of sp³-hybridized carbons (Fsp3) is 0.368. The molecule has 0 spiro atoms. The zero-order valence-corrected chi connectivity index (χ0v) is 14.3. The average Bonchev–Trinajstić information content (AvgIpc) is 3.30. The fourth-order valence-corrected chi connectivity index (χ4v) is 4.40. The van der Waals surface area contributed by atoms with Crippen LogP contribution in [0.3, 0.4) is 0 Å². The van der Waals surface area contributed by atoms with Crippen LogP contribution in [0.2, 0.25) is 0 Å². The third-order valence-electron chi connectivity index (χ3n) is 4.94. The Hall–Kier alpha value is -2.14. The average molecular weight is 340 g/mol. The second-order valence-corrected chi connectivity index (χ2v) is 7.38. The van der Waals surface area contributed by atoms with E-state index in [1.165, 1.54) is 16.9 Å². The van der Waals surface area contributed by atoms with E-state index >= 15 is 0 Å². The maximum atomic E-state index is 13.0. The van der Waals surface area contributed by atoms with Crippen molar-refractivity contribution in [3.05, 3.63) is 52.2 Å². The van der Waals surface area contributed by atoms with Crippen molar-refractivity contribution >= 4 is 28.8 Å². The molecule has 1 aromatic heterocycles. The number of hydrogen-bond donors (Lipinski definition) is 0. The molecule has 1 atom stereocenters. The number of benzene rings is 1. The number of piperidine rings is 1. The van der Waals surface area contributed by atoms with Crippen molar-refractivity contribution in [2.75, 3.05) is 24.5 Å². The highest BCUT2D eigenvalue weighted by atomic mass is 32.1. The van der Waals surface area contributed by atoms with E-state index < -0.39 is 0 Å². The van der Waals surface area contributed by atoms with Crippen molar-refractivity contribution in [3.8, 4) is 0 Å². The second kappa shape index (κ2) is 6.40. The Kier molecular flexibility index (Phi) is 4.10. The smallest absolute Gasteiger partial charge is 0.263 e. The minimum absolute atomic E-state index is 0.0596. The number of thiophene rings is 1.